The van der Waals surface area contributed by atoms with Gasteiger partial charge in [0.25, 0.3) is 0 Å². The highest BCUT2D eigenvalue weighted by molar-refractivity contribution is 5.79. The molecule has 0 spiro atoms. The molecule has 2 N–H and O–H groups in total. The van der Waals surface area contributed by atoms with Gasteiger partial charge in [0.1, 0.15) is 0 Å². The van der Waals surface area contributed by atoms with Crippen molar-refractivity contribution < 1.29 is 19.8 Å². The van der Waals surface area contributed by atoms with Crippen molar-refractivity contribution in [2.45, 2.75) is 26.2 Å². The molecular formula is C10H16O4. The Bertz CT molecular complexity index is 206. The molecule has 0 fully saturated rings. The van der Waals surface area contributed by atoms with Crippen LogP contribution in [0.2, 0.25) is 0 Å². The summed E-state index contributed by atoms with van der Waals surface area (Å²) in [5.74, 6) is -1.64. The van der Waals surface area contributed by atoms with Gasteiger partial charge in [-0.15, -0.1) is 6.58 Å². The SMILES string of the molecule is C=CCCC(=O)O.CC/C=C/C(=O)O. The second-order valence-corrected chi connectivity index (χ2v) is 2.37. The van der Waals surface area contributed by atoms with Gasteiger partial charge >= 0.3 is 11.9 Å². The van der Waals surface area contributed by atoms with Crippen molar-refractivity contribution in [3.63, 3.8) is 0 Å². The summed E-state index contributed by atoms with van der Waals surface area (Å²) in [6, 6.07) is 0. The predicted molar refractivity (Wildman–Crippen MR) is 54.1 cm³/mol. The van der Waals surface area contributed by atoms with Gasteiger partial charge in [-0.05, 0) is 12.8 Å². The lowest BCUT2D eigenvalue weighted by Crippen LogP contribution is -1.90. The van der Waals surface area contributed by atoms with Crippen molar-refractivity contribution in [3.05, 3.63) is 24.8 Å². The lowest BCUT2D eigenvalue weighted by molar-refractivity contribution is -0.137. The quantitative estimate of drug-likeness (QED) is 0.526. The van der Waals surface area contributed by atoms with E-state index in [1.165, 1.54) is 0 Å². The molecular weight excluding hydrogens is 184 g/mol. The van der Waals surface area contributed by atoms with Crippen molar-refractivity contribution in [3.8, 4) is 0 Å². The van der Waals surface area contributed by atoms with Gasteiger partial charge < -0.3 is 10.2 Å². The topological polar surface area (TPSA) is 74.6 Å². The summed E-state index contributed by atoms with van der Waals surface area (Å²) in [6.45, 7) is 5.26. The number of allylic oxidation sites excluding steroid dienone is 2. The molecule has 0 atom stereocenters. The van der Waals surface area contributed by atoms with Crippen molar-refractivity contribution in [2.24, 2.45) is 0 Å². The number of hydrogen-bond donors (Lipinski definition) is 2. The molecule has 0 heterocycles. The Hall–Kier alpha value is -1.58. The molecule has 0 aliphatic heterocycles. The van der Waals surface area contributed by atoms with Crippen molar-refractivity contribution >= 4 is 11.9 Å². The van der Waals surface area contributed by atoms with Crippen LogP contribution in [0.3, 0.4) is 0 Å². The molecule has 0 aliphatic rings. The van der Waals surface area contributed by atoms with Crippen LogP contribution in [0, 0.1) is 0 Å². The van der Waals surface area contributed by atoms with Crippen molar-refractivity contribution in [1.82, 2.24) is 0 Å². The van der Waals surface area contributed by atoms with E-state index in [9.17, 15) is 9.59 Å². The molecule has 80 valence electrons. The molecule has 0 unspecified atom stereocenters. The van der Waals surface area contributed by atoms with E-state index in [1.54, 1.807) is 12.2 Å². The van der Waals surface area contributed by atoms with Gasteiger partial charge in [-0.1, -0.05) is 19.1 Å². The fourth-order valence-corrected chi connectivity index (χ4v) is 0.444. The summed E-state index contributed by atoms with van der Waals surface area (Å²) < 4.78 is 0. The van der Waals surface area contributed by atoms with Crippen LogP contribution < -0.4 is 0 Å². The van der Waals surface area contributed by atoms with E-state index in [4.69, 9.17) is 10.2 Å². The number of carboxylic acid groups (broad SMARTS) is 2. The number of carboxylic acids is 2. The molecule has 0 bridgehead atoms. The van der Waals surface area contributed by atoms with Crippen LogP contribution in [0.4, 0.5) is 0 Å². The highest BCUT2D eigenvalue weighted by Crippen LogP contribution is 1.86. The first-order valence-corrected chi connectivity index (χ1v) is 4.26. The number of rotatable bonds is 5. The smallest absolute Gasteiger partial charge is 0.327 e. The monoisotopic (exact) mass is 200 g/mol. The van der Waals surface area contributed by atoms with Gasteiger partial charge in [-0.2, -0.15) is 0 Å². The number of aliphatic carboxylic acids is 2. The normalized spacial score (nSPS) is 8.93. The summed E-state index contributed by atoms with van der Waals surface area (Å²) in [5, 5.41) is 16.0. The lowest BCUT2D eigenvalue weighted by Gasteiger charge is -1.82. The summed E-state index contributed by atoms with van der Waals surface area (Å²) in [6.07, 6.45) is 5.88. The van der Waals surface area contributed by atoms with Crippen LogP contribution in [0.1, 0.15) is 26.2 Å². The van der Waals surface area contributed by atoms with Gasteiger partial charge in [0, 0.05) is 12.5 Å². The Morgan fingerprint density at radius 3 is 2.07 bits per heavy atom. The molecule has 4 nitrogen and oxygen atoms in total. The number of hydrogen-bond acceptors (Lipinski definition) is 2. The fraction of sp³-hybridized carbons (Fsp3) is 0.400. The Morgan fingerprint density at radius 1 is 1.36 bits per heavy atom. The van der Waals surface area contributed by atoms with E-state index in [0.717, 1.165) is 12.5 Å². The van der Waals surface area contributed by atoms with E-state index in [2.05, 4.69) is 6.58 Å². The minimum absolute atomic E-state index is 0.198. The molecule has 14 heavy (non-hydrogen) atoms. The first kappa shape index (κ1) is 14.9. The maximum atomic E-state index is 9.71. The van der Waals surface area contributed by atoms with Crippen molar-refractivity contribution in [1.29, 1.82) is 0 Å². The first-order valence-electron chi connectivity index (χ1n) is 4.26. The van der Waals surface area contributed by atoms with E-state index >= 15 is 0 Å². The second kappa shape index (κ2) is 11.4. The molecule has 0 saturated heterocycles. The average Bonchev–Trinajstić information content (AvgIpc) is 2.12. The highest BCUT2D eigenvalue weighted by atomic mass is 16.4. The zero-order valence-electron chi connectivity index (χ0n) is 8.27. The van der Waals surface area contributed by atoms with E-state index in [-0.39, 0.29) is 6.42 Å². The van der Waals surface area contributed by atoms with Crippen LogP contribution in [0.25, 0.3) is 0 Å². The standard InChI is InChI=1S/2C5H8O2/c2*1-2-3-4-5(6)7/h3-4H,2H2,1H3,(H,6,7);2H,1,3-4H2,(H,6,7)/b4-3+;. The predicted octanol–water partition coefficient (Wildman–Crippen LogP) is 2.07. The maximum Gasteiger partial charge on any atom is 0.327 e. The zero-order valence-corrected chi connectivity index (χ0v) is 8.27. The molecule has 0 amide bonds. The molecule has 0 saturated carbocycles. The number of carbonyl (C=O) groups is 2. The van der Waals surface area contributed by atoms with Crippen LogP contribution >= 0.6 is 0 Å². The van der Waals surface area contributed by atoms with E-state index in [0.29, 0.717) is 6.42 Å². The van der Waals surface area contributed by atoms with Crippen LogP contribution in [0.5, 0.6) is 0 Å². The van der Waals surface area contributed by atoms with Crippen LogP contribution in [-0.2, 0) is 9.59 Å². The molecule has 0 rings (SSSR count). The molecule has 0 aromatic rings. The Morgan fingerprint density at radius 2 is 1.93 bits per heavy atom. The highest BCUT2D eigenvalue weighted by Gasteiger charge is 1.89. The first-order chi connectivity index (χ1) is 6.54. The summed E-state index contributed by atoms with van der Waals surface area (Å²) >= 11 is 0. The minimum atomic E-state index is -0.873. The van der Waals surface area contributed by atoms with Crippen LogP contribution in [-0.4, -0.2) is 22.2 Å². The van der Waals surface area contributed by atoms with Crippen molar-refractivity contribution in [2.75, 3.05) is 0 Å². The van der Waals surface area contributed by atoms with Gasteiger partial charge in [-0.25, -0.2) is 4.79 Å². The van der Waals surface area contributed by atoms with Crippen LogP contribution in [0.15, 0.2) is 24.8 Å². The summed E-state index contributed by atoms with van der Waals surface area (Å²) in [5.41, 5.74) is 0. The third kappa shape index (κ3) is 22.4. The third-order valence-electron chi connectivity index (χ3n) is 1.06. The zero-order chi connectivity index (χ0) is 11.4. The minimum Gasteiger partial charge on any atom is -0.481 e. The maximum absolute atomic E-state index is 9.71. The Kier molecular flexibility index (Phi) is 12.2. The Labute approximate surface area is 83.6 Å². The van der Waals surface area contributed by atoms with Gasteiger partial charge in [0.05, 0.1) is 0 Å². The van der Waals surface area contributed by atoms with Gasteiger partial charge in [0.2, 0.25) is 0 Å². The summed E-state index contributed by atoms with van der Waals surface area (Å²) in [4.78, 5) is 19.4. The molecule has 0 aliphatic carbocycles. The molecule has 0 aromatic carbocycles. The van der Waals surface area contributed by atoms with Gasteiger partial charge in [-0.3, -0.25) is 4.79 Å². The Balaban J connectivity index is 0. The van der Waals surface area contributed by atoms with E-state index in [1.807, 2.05) is 6.92 Å². The molecule has 0 radical (unpaired) electrons. The lowest BCUT2D eigenvalue weighted by atomic mass is 10.3. The molecule has 4 heteroatoms. The largest absolute Gasteiger partial charge is 0.481 e. The molecule has 0 aromatic heterocycles. The third-order valence-corrected chi connectivity index (χ3v) is 1.06. The average molecular weight is 200 g/mol. The second-order valence-electron chi connectivity index (χ2n) is 2.37. The van der Waals surface area contributed by atoms with Gasteiger partial charge in [0.15, 0.2) is 0 Å². The fourth-order valence-electron chi connectivity index (χ4n) is 0.444. The summed E-state index contributed by atoms with van der Waals surface area (Å²) in [7, 11) is 0. The van der Waals surface area contributed by atoms with E-state index < -0.39 is 11.9 Å².